The molecule has 0 aliphatic rings. The van der Waals surface area contributed by atoms with E-state index in [1.807, 2.05) is 32.6 Å². The second kappa shape index (κ2) is 6.25. The molecule has 0 radical (unpaired) electrons. The van der Waals surface area contributed by atoms with Gasteiger partial charge in [-0.05, 0) is 20.3 Å². The number of aryl methyl sites for hydroxylation is 2. The summed E-state index contributed by atoms with van der Waals surface area (Å²) in [6, 6.07) is 0.0857. The molecule has 0 aliphatic heterocycles. The van der Waals surface area contributed by atoms with E-state index in [-0.39, 0.29) is 11.9 Å². The number of amides is 1. The largest absolute Gasteiger partial charge is 0.338 e. The SMILES string of the molecule is Cc1ncsc1CCC(=O)N(C)[C@H](C)c1cncs1. The second-order valence-corrected chi connectivity index (χ2v) is 6.30. The number of hydrogen-bond acceptors (Lipinski definition) is 5. The molecule has 4 nitrogen and oxygen atoms in total. The van der Waals surface area contributed by atoms with E-state index < -0.39 is 0 Å². The molecule has 0 unspecified atom stereocenters. The summed E-state index contributed by atoms with van der Waals surface area (Å²) in [6.07, 6.45) is 3.13. The Hall–Kier alpha value is -1.27. The van der Waals surface area contributed by atoms with Crippen LogP contribution in [0.1, 0.15) is 34.8 Å². The maximum absolute atomic E-state index is 12.2. The molecule has 19 heavy (non-hydrogen) atoms. The fourth-order valence-corrected chi connectivity index (χ4v) is 3.30. The zero-order valence-electron chi connectivity index (χ0n) is 11.3. The average Bonchev–Trinajstić information content (AvgIpc) is 3.05. The molecule has 1 atom stereocenters. The second-order valence-electron chi connectivity index (χ2n) is 4.45. The Kier molecular flexibility index (Phi) is 4.66. The van der Waals surface area contributed by atoms with Crippen LogP contribution in [0.5, 0.6) is 0 Å². The van der Waals surface area contributed by atoms with Crippen molar-refractivity contribution in [2.75, 3.05) is 7.05 Å². The van der Waals surface area contributed by atoms with E-state index in [1.54, 1.807) is 33.1 Å². The van der Waals surface area contributed by atoms with Crippen LogP contribution in [-0.2, 0) is 11.2 Å². The monoisotopic (exact) mass is 295 g/mol. The topological polar surface area (TPSA) is 46.1 Å². The quantitative estimate of drug-likeness (QED) is 0.851. The Morgan fingerprint density at radius 2 is 2.21 bits per heavy atom. The highest BCUT2D eigenvalue weighted by Gasteiger charge is 2.18. The Balaban J connectivity index is 1.91. The van der Waals surface area contributed by atoms with Crippen LogP contribution in [0.4, 0.5) is 0 Å². The third-order valence-corrected chi connectivity index (χ3v) is 5.19. The summed E-state index contributed by atoms with van der Waals surface area (Å²) in [6.45, 7) is 4.02. The van der Waals surface area contributed by atoms with Gasteiger partial charge >= 0.3 is 0 Å². The number of carbonyl (C=O) groups is 1. The van der Waals surface area contributed by atoms with Crippen molar-refractivity contribution in [3.63, 3.8) is 0 Å². The van der Waals surface area contributed by atoms with E-state index in [0.29, 0.717) is 6.42 Å². The molecular weight excluding hydrogens is 278 g/mol. The maximum atomic E-state index is 12.2. The number of aromatic nitrogens is 2. The zero-order valence-corrected chi connectivity index (χ0v) is 12.9. The van der Waals surface area contributed by atoms with E-state index in [2.05, 4.69) is 9.97 Å². The summed E-state index contributed by atoms with van der Waals surface area (Å²) in [4.78, 5) is 24.6. The standard InChI is InChI=1S/C13H17N3OS2/c1-9-11(19-8-15-9)4-5-13(17)16(3)10(2)12-6-14-7-18-12/h6-8,10H,4-5H2,1-3H3/t10-/m1/s1. The van der Waals surface area contributed by atoms with Gasteiger partial charge in [-0.2, -0.15) is 0 Å². The fraction of sp³-hybridized carbons (Fsp3) is 0.462. The lowest BCUT2D eigenvalue weighted by Gasteiger charge is -2.23. The molecule has 2 rings (SSSR count). The van der Waals surface area contributed by atoms with Gasteiger partial charge in [-0.3, -0.25) is 9.78 Å². The Labute approximate surface area is 121 Å². The Morgan fingerprint density at radius 1 is 1.42 bits per heavy atom. The highest BCUT2D eigenvalue weighted by molar-refractivity contribution is 7.10. The average molecular weight is 295 g/mol. The Morgan fingerprint density at radius 3 is 2.79 bits per heavy atom. The molecular formula is C13H17N3OS2. The van der Waals surface area contributed by atoms with Crippen molar-refractivity contribution >= 4 is 28.6 Å². The van der Waals surface area contributed by atoms with Gasteiger partial charge < -0.3 is 4.90 Å². The lowest BCUT2D eigenvalue weighted by atomic mass is 10.2. The molecule has 1 amide bonds. The van der Waals surface area contributed by atoms with Crippen LogP contribution in [0.3, 0.4) is 0 Å². The molecule has 2 aromatic heterocycles. The van der Waals surface area contributed by atoms with Crippen molar-refractivity contribution in [2.24, 2.45) is 0 Å². The first kappa shape index (κ1) is 14.1. The van der Waals surface area contributed by atoms with E-state index >= 15 is 0 Å². The number of hydrogen-bond donors (Lipinski definition) is 0. The summed E-state index contributed by atoms with van der Waals surface area (Å²) in [5.41, 5.74) is 4.67. The van der Waals surface area contributed by atoms with Crippen LogP contribution in [-0.4, -0.2) is 27.8 Å². The molecule has 0 N–H and O–H groups in total. The van der Waals surface area contributed by atoms with Crippen molar-refractivity contribution in [3.05, 3.63) is 32.7 Å². The van der Waals surface area contributed by atoms with Gasteiger partial charge in [0.05, 0.1) is 22.8 Å². The summed E-state index contributed by atoms with van der Waals surface area (Å²) < 4.78 is 0. The minimum Gasteiger partial charge on any atom is -0.338 e. The van der Waals surface area contributed by atoms with Crippen LogP contribution >= 0.6 is 22.7 Å². The summed E-state index contributed by atoms with van der Waals surface area (Å²) >= 11 is 3.20. The summed E-state index contributed by atoms with van der Waals surface area (Å²) in [7, 11) is 1.85. The normalized spacial score (nSPS) is 12.4. The van der Waals surface area contributed by atoms with Crippen LogP contribution in [0.2, 0.25) is 0 Å². The third kappa shape index (κ3) is 3.39. The molecule has 102 valence electrons. The van der Waals surface area contributed by atoms with E-state index in [0.717, 1.165) is 17.0 Å². The highest BCUT2D eigenvalue weighted by atomic mass is 32.1. The van der Waals surface area contributed by atoms with Gasteiger partial charge in [0.2, 0.25) is 5.91 Å². The number of nitrogens with zero attached hydrogens (tertiary/aromatic N) is 3. The minimum atomic E-state index is 0.0857. The van der Waals surface area contributed by atoms with Gasteiger partial charge in [-0.15, -0.1) is 22.7 Å². The first-order valence-electron chi connectivity index (χ1n) is 6.12. The van der Waals surface area contributed by atoms with Crippen LogP contribution in [0.15, 0.2) is 17.2 Å². The van der Waals surface area contributed by atoms with Crippen LogP contribution in [0, 0.1) is 6.92 Å². The molecule has 0 bridgehead atoms. The minimum absolute atomic E-state index is 0.0857. The van der Waals surface area contributed by atoms with Gasteiger partial charge in [0.1, 0.15) is 0 Å². The molecule has 0 saturated carbocycles. The van der Waals surface area contributed by atoms with Gasteiger partial charge in [-0.25, -0.2) is 4.98 Å². The van der Waals surface area contributed by atoms with Crippen molar-refractivity contribution < 1.29 is 4.79 Å². The third-order valence-electron chi connectivity index (χ3n) is 3.25. The van der Waals surface area contributed by atoms with Crippen LogP contribution in [0.25, 0.3) is 0 Å². The Bertz CT molecular complexity index is 536. The molecule has 0 saturated heterocycles. The number of carbonyl (C=O) groups excluding carboxylic acids is 1. The summed E-state index contributed by atoms with van der Waals surface area (Å²) in [5.74, 6) is 0.161. The number of rotatable bonds is 5. The van der Waals surface area contributed by atoms with Crippen molar-refractivity contribution in [1.82, 2.24) is 14.9 Å². The molecule has 0 fully saturated rings. The molecule has 2 heterocycles. The van der Waals surface area contributed by atoms with Gasteiger partial charge in [0.15, 0.2) is 0 Å². The lowest BCUT2D eigenvalue weighted by Crippen LogP contribution is -2.29. The smallest absolute Gasteiger partial charge is 0.223 e. The van der Waals surface area contributed by atoms with E-state index in [1.165, 1.54) is 4.88 Å². The van der Waals surface area contributed by atoms with Gasteiger partial charge in [-0.1, -0.05) is 0 Å². The maximum Gasteiger partial charge on any atom is 0.223 e. The first-order valence-corrected chi connectivity index (χ1v) is 7.88. The molecule has 0 aromatic carbocycles. The zero-order chi connectivity index (χ0) is 13.8. The molecule has 6 heteroatoms. The first-order chi connectivity index (χ1) is 9.09. The summed E-state index contributed by atoms with van der Waals surface area (Å²) in [5, 5.41) is 0. The van der Waals surface area contributed by atoms with E-state index in [9.17, 15) is 4.79 Å². The number of thiazole rings is 2. The predicted octanol–water partition coefficient (Wildman–Crippen LogP) is 3.06. The fourth-order valence-electron chi connectivity index (χ4n) is 1.80. The lowest BCUT2D eigenvalue weighted by molar-refractivity contribution is -0.131. The van der Waals surface area contributed by atoms with Crippen LogP contribution < -0.4 is 0 Å². The van der Waals surface area contributed by atoms with Crippen molar-refractivity contribution in [2.45, 2.75) is 32.7 Å². The molecule has 0 aliphatic carbocycles. The van der Waals surface area contributed by atoms with E-state index in [4.69, 9.17) is 0 Å². The van der Waals surface area contributed by atoms with Gasteiger partial charge in [0, 0.05) is 29.4 Å². The predicted molar refractivity (Wildman–Crippen MR) is 78.5 cm³/mol. The molecule has 0 spiro atoms. The van der Waals surface area contributed by atoms with Gasteiger partial charge in [0.25, 0.3) is 0 Å². The van der Waals surface area contributed by atoms with Crippen molar-refractivity contribution in [3.8, 4) is 0 Å². The molecule has 2 aromatic rings. The highest BCUT2D eigenvalue weighted by Crippen LogP contribution is 2.23. The van der Waals surface area contributed by atoms with Crippen molar-refractivity contribution in [1.29, 1.82) is 0 Å².